The summed E-state index contributed by atoms with van der Waals surface area (Å²) in [4.78, 5) is 0. The third-order valence-corrected chi connectivity index (χ3v) is 3.72. The van der Waals surface area contributed by atoms with Crippen LogP contribution in [0.25, 0.3) is 0 Å². The van der Waals surface area contributed by atoms with Crippen molar-refractivity contribution in [3.63, 3.8) is 0 Å². The Balaban J connectivity index is 2.20. The van der Waals surface area contributed by atoms with E-state index in [1.807, 2.05) is 11.6 Å². The molecule has 0 aliphatic carbocycles. The number of hydrogen-bond acceptors (Lipinski definition) is 3. The van der Waals surface area contributed by atoms with E-state index in [4.69, 9.17) is 4.74 Å². The van der Waals surface area contributed by atoms with E-state index in [0.29, 0.717) is 19.4 Å². The molecule has 1 aliphatic rings. The van der Waals surface area contributed by atoms with Crippen molar-refractivity contribution in [1.29, 1.82) is 0 Å². The summed E-state index contributed by atoms with van der Waals surface area (Å²) in [5.41, 5.74) is 1.49. The maximum atomic E-state index is 10.5. The Morgan fingerprint density at radius 1 is 1.59 bits per heavy atom. The number of hydrogen-bond donors (Lipinski definition) is 1. The van der Waals surface area contributed by atoms with Crippen LogP contribution >= 0.6 is 0 Å². The van der Waals surface area contributed by atoms with E-state index in [0.717, 1.165) is 24.4 Å². The van der Waals surface area contributed by atoms with Crippen LogP contribution < -0.4 is 0 Å². The van der Waals surface area contributed by atoms with E-state index in [2.05, 4.69) is 25.0 Å². The zero-order valence-electron chi connectivity index (χ0n) is 10.9. The minimum atomic E-state index is -0.724. The molecule has 2 heterocycles. The number of aryl methyl sites for hydroxylation is 2. The van der Waals surface area contributed by atoms with Crippen molar-refractivity contribution in [2.75, 3.05) is 6.61 Å². The average Bonchev–Trinajstić information content (AvgIpc) is 2.84. The van der Waals surface area contributed by atoms with E-state index in [-0.39, 0.29) is 6.10 Å². The third kappa shape index (κ3) is 2.38. The van der Waals surface area contributed by atoms with Crippen LogP contribution in [-0.4, -0.2) is 33.2 Å². The van der Waals surface area contributed by atoms with Gasteiger partial charge < -0.3 is 9.84 Å². The largest absolute Gasteiger partial charge is 0.387 e. The van der Waals surface area contributed by atoms with Gasteiger partial charge in [-0.3, -0.25) is 4.68 Å². The Morgan fingerprint density at radius 3 is 2.88 bits per heavy atom. The van der Waals surface area contributed by atoms with Gasteiger partial charge in [0, 0.05) is 31.7 Å². The normalized spacial score (nSPS) is 28.8. The first-order chi connectivity index (χ1) is 8.09. The summed E-state index contributed by atoms with van der Waals surface area (Å²) in [5.74, 6) is 0. The van der Waals surface area contributed by atoms with Crippen molar-refractivity contribution < 1.29 is 9.84 Å². The molecule has 1 fully saturated rings. The molecule has 0 bridgehead atoms. The van der Waals surface area contributed by atoms with Crippen LogP contribution in [0.5, 0.6) is 0 Å². The first-order valence-electron chi connectivity index (χ1n) is 6.48. The molecule has 17 heavy (non-hydrogen) atoms. The van der Waals surface area contributed by atoms with Crippen molar-refractivity contribution in [2.45, 2.75) is 58.3 Å². The molecule has 2 unspecified atom stereocenters. The number of rotatable bonds is 4. The lowest BCUT2D eigenvalue weighted by atomic mass is 9.91. The molecule has 0 amide bonds. The van der Waals surface area contributed by atoms with Gasteiger partial charge in [0.05, 0.1) is 17.4 Å². The van der Waals surface area contributed by atoms with Gasteiger partial charge in [-0.1, -0.05) is 6.92 Å². The second-order valence-corrected chi connectivity index (χ2v) is 4.84. The Bertz CT molecular complexity index is 389. The van der Waals surface area contributed by atoms with Crippen LogP contribution in [0, 0.1) is 0 Å². The summed E-state index contributed by atoms with van der Waals surface area (Å²) in [6, 6.07) is 2.10. The number of aromatic nitrogens is 2. The zero-order chi connectivity index (χ0) is 12.5. The highest BCUT2D eigenvalue weighted by atomic mass is 16.5. The zero-order valence-corrected chi connectivity index (χ0v) is 10.9. The van der Waals surface area contributed by atoms with E-state index >= 15 is 0 Å². The summed E-state index contributed by atoms with van der Waals surface area (Å²) in [5, 5.41) is 15.1. The van der Waals surface area contributed by atoms with Crippen molar-refractivity contribution in [3.8, 4) is 0 Å². The van der Waals surface area contributed by atoms with Crippen LogP contribution in [0.1, 0.15) is 38.6 Å². The summed E-state index contributed by atoms with van der Waals surface area (Å²) < 4.78 is 7.46. The molecule has 1 aromatic heterocycles. The van der Waals surface area contributed by atoms with E-state index < -0.39 is 5.60 Å². The lowest BCUT2D eigenvalue weighted by molar-refractivity contribution is -0.0280. The van der Waals surface area contributed by atoms with Crippen LogP contribution in [0.4, 0.5) is 0 Å². The van der Waals surface area contributed by atoms with E-state index in [9.17, 15) is 5.11 Å². The molecule has 4 heteroatoms. The molecule has 0 spiro atoms. The quantitative estimate of drug-likeness (QED) is 0.865. The van der Waals surface area contributed by atoms with Crippen molar-refractivity contribution in [2.24, 2.45) is 0 Å². The average molecular weight is 238 g/mol. The van der Waals surface area contributed by atoms with Gasteiger partial charge in [0.25, 0.3) is 0 Å². The van der Waals surface area contributed by atoms with Gasteiger partial charge >= 0.3 is 0 Å². The fourth-order valence-corrected chi connectivity index (χ4v) is 2.42. The molecule has 0 aromatic carbocycles. The number of aliphatic hydroxyl groups is 1. The molecule has 1 saturated heterocycles. The lowest BCUT2D eigenvalue weighted by Crippen LogP contribution is -2.39. The monoisotopic (exact) mass is 238 g/mol. The molecule has 4 nitrogen and oxygen atoms in total. The van der Waals surface area contributed by atoms with Crippen LogP contribution in [0.3, 0.4) is 0 Å². The fourth-order valence-electron chi connectivity index (χ4n) is 2.42. The molecule has 1 aliphatic heterocycles. The number of ether oxygens (including phenoxy) is 1. The standard InChI is InChI=1S/C13H22N2O2/c1-4-11-8-12(15(5-2)14-11)9-13(16)6-7-17-10(13)3/h8,10,16H,4-7,9H2,1-3H3. The second-order valence-electron chi connectivity index (χ2n) is 4.84. The van der Waals surface area contributed by atoms with Crippen LogP contribution in [0.15, 0.2) is 6.07 Å². The SMILES string of the molecule is CCc1cc(CC2(O)CCOC2C)n(CC)n1. The van der Waals surface area contributed by atoms with Gasteiger partial charge in [-0.2, -0.15) is 5.10 Å². The van der Waals surface area contributed by atoms with Crippen LogP contribution in [-0.2, 0) is 24.1 Å². The second kappa shape index (κ2) is 4.78. The third-order valence-electron chi connectivity index (χ3n) is 3.72. The Hall–Kier alpha value is -0.870. The first-order valence-corrected chi connectivity index (χ1v) is 6.48. The molecule has 2 atom stereocenters. The Labute approximate surface area is 103 Å². The predicted octanol–water partition coefficient (Wildman–Crippen LogP) is 1.55. The van der Waals surface area contributed by atoms with Gasteiger partial charge in [0.1, 0.15) is 0 Å². The summed E-state index contributed by atoms with van der Waals surface area (Å²) in [7, 11) is 0. The molecule has 1 N–H and O–H groups in total. The first kappa shape index (κ1) is 12.6. The highest BCUT2D eigenvalue weighted by Gasteiger charge is 2.40. The minimum absolute atomic E-state index is 0.0900. The molecular weight excluding hydrogens is 216 g/mol. The predicted molar refractivity (Wildman–Crippen MR) is 66.0 cm³/mol. The number of nitrogens with zero attached hydrogens (tertiary/aromatic N) is 2. The van der Waals surface area contributed by atoms with Crippen molar-refractivity contribution >= 4 is 0 Å². The fraction of sp³-hybridized carbons (Fsp3) is 0.769. The molecule has 2 rings (SSSR count). The minimum Gasteiger partial charge on any atom is -0.387 e. The van der Waals surface area contributed by atoms with Gasteiger partial charge in [0.2, 0.25) is 0 Å². The molecule has 0 saturated carbocycles. The van der Waals surface area contributed by atoms with Crippen LogP contribution in [0.2, 0.25) is 0 Å². The summed E-state index contributed by atoms with van der Waals surface area (Å²) in [6.45, 7) is 7.62. The molecule has 96 valence electrons. The Kier molecular flexibility index (Phi) is 3.54. The maximum absolute atomic E-state index is 10.5. The maximum Gasteiger partial charge on any atom is 0.0982 e. The van der Waals surface area contributed by atoms with Crippen molar-refractivity contribution in [3.05, 3.63) is 17.5 Å². The van der Waals surface area contributed by atoms with Gasteiger partial charge in [-0.05, 0) is 26.3 Å². The van der Waals surface area contributed by atoms with Gasteiger partial charge in [-0.15, -0.1) is 0 Å². The Morgan fingerprint density at radius 2 is 2.35 bits per heavy atom. The smallest absolute Gasteiger partial charge is 0.0982 e. The highest BCUT2D eigenvalue weighted by Crippen LogP contribution is 2.29. The summed E-state index contributed by atoms with van der Waals surface area (Å²) in [6.07, 6.45) is 2.19. The van der Waals surface area contributed by atoms with Crippen molar-refractivity contribution in [1.82, 2.24) is 9.78 Å². The van der Waals surface area contributed by atoms with Gasteiger partial charge in [0.15, 0.2) is 0 Å². The lowest BCUT2D eigenvalue weighted by Gasteiger charge is -2.26. The molecule has 0 radical (unpaired) electrons. The van der Waals surface area contributed by atoms with E-state index in [1.54, 1.807) is 0 Å². The highest BCUT2D eigenvalue weighted by molar-refractivity contribution is 5.14. The van der Waals surface area contributed by atoms with E-state index in [1.165, 1.54) is 0 Å². The topological polar surface area (TPSA) is 47.3 Å². The molecule has 1 aromatic rings. The summed E-state index contributed by atoms with van der Waals surface area (Å²) >= 11 is 0. The van der Waals surface area contributed by atoms with Gasteiger partial charge in [-0.25, -0.2) is 0 Å². The molecular formula is C13H22N2O2.